The molecule has 7 heteroatoms. The van der Waals surface area contributed by atoms with Gasteiger partial charge in [-0.2, -0.15) is 11.8 Å². The second kappa shape index (κ2) is 7.10. The topological polar surface area (TPSA) is 91.7 Å². The van der Waals surface area contributed by atoms with Crippen LogP contribution in [0.2, 0.25) is 0 Å². The summed E-state index contributed by atoms with van der Waals surface area (Å²) in [4.78, 5) is 10.8. The number of benzene rings is 1. The van der Waals surface area contributed by atoms with E-state index in [9.17, 15) is 18.3 Å². The minimum Gasteiger partial charge on any atom is -0.478 e. The van der Waals surface area contributed by atoms with Crippen molar-refractivity contribution < 1.29 is 23.4 Å². The van der Waals surface area contributed by atoms with Crippen molar-refractivity contribution in [3.05, 3.63) is 29.8 Å². The lowest BCUT2D eigenvalue weighted by Gasteiger charge is -2.13. The molecule has 0 aromatic heterocycles. The quantitative estimate of drug-likeness (QED) is 0.794. The van der Waals surface area contributed by atoms with Crippen molar-refractivity contribution in [3.8, 4) is 0 Å². The largest absolute Gasteiger partial charge is 0.478 e. The number of carbonyl (C=O) groups is 1. The van der Waals surface area contributed by atoms with E-state index in [4.69, 9.17) is 5.11 Å². The van der Waals surface area contributed by atoms with E-state index in [1.807, 2.05) is 6.92 Å². The van der Waals surface area contributed by atoms with Crippen LogP contribution in [0.15, 0.2) is 29.2 Å². The van der Waals surface area contributed by atoms with Gasteiger partial charge in [-0.15, -0.1) is 0 Å². The number of hydrogen-bond acceptors (Lipinski definition) is 5. The first-order chi connectivity index (χ1) is 9.24. The fourth-order valence-corrected chi connectivity index (χ4v) is 4.16. The number of carboxylic acids is 1. The Morgan fingerprint density at radius 1 is 1.35 bits per heavy atom. The van der Waals surface area contributed by atoms with Crippen LogP contribution < -0.4 is 0 Å². The van der Waals surface area contributed by atoms with Crippen LogP contribution in [-0.2, 0) is 9.84 Å². The third kappa shape index (κ3) is 4.81. The molecule has 0 radical (unpaired) electrons. The highest BCUT2D eigenvalue weighted by molar-refractivity contribution is 8.01. The first kappa shape index (κ1) is 17.0. The summed E-state index contributed by atoms with van der Waals surface area (Å²) >= 11 is 1.37. The molecule has 0 aliphatic rings. The van der Waals surface area contributed by atoms with Crippen molar-refractivity contribution in [1.29, 1.82) is 0 Å². The molecular formula is C13H18O5S2. The molecule has 0 spiro atoms. The van der Waals surface area contributed by atoms with Gasteiger partial charge in [-0.25, -0.2) is 13.2 Å². The number of carboxylic acid groups (broad SMARTS) is 1. The van der Waals surface area contributed by atoms with Crippen molar-refractivity contribution in [2.75, 3.05) is 11.5 Å². The first-order valence-electron chi connectivity index (χ1n) is 6.10. The van der Waals surface area contributed by atoms with Gasteiger partial charge in [0, 0.05) is 11.0 Å². The Labute approximate surface area is 122 Å². The highest BCUT2D eigenvalue weighted by atomic mass is 32.2. The van der Waals surface area contributed by atoms with E-state index in [-0.39, 0.29) is 21.5 Å². The highest BCUT2D eigenvalue weighted by Gasteiger charge is 2.17. The monoisotopic (exact) mass is 318 g/mol. The molecule has 5 nitrogen and oxygen atoms in total. The van der Waals surface area contributed by atoms with Crippen molar-refractivity contribution in [1.82, 2.24) is 0 Å². The van der Waals surface area contributed by atoms with Gasteiger partial charge in [0.25, 0.3) is 0 Å². The van der Waals surface area contributed by atoms with Crippen molar-refractivity contribution >= 4 is 27.6 Å². The van der Waals surface area contributed by atoms with Crippen molar-refractivity contribution in [2.45, 2.75) is 30.1 Å². The Balaban J connectivity index is 2.74. The standard InChI is InChI=1S/C13H18O5S2/c1-9(14)10(2)19-6-7-20(17,18)12-5-3-4-11(8-12)13(15)16/h3-5,8-10,14H,6-7H2,1-2H3,(H,15,16). The molecule has 0 amide bonds. The van der Waals surface area contributed by atoms with Crippen LogP contribution >= 0.6 is 11.8 Å². The van der Waals surface area contributed by atoms with Crippen LogP contribution in [0.3, 0.4) is 0 Å². The predicted octanol–water partition coefficient (Wildman–Crippen LogP) is 1.66. The third-order valence-electron chi connectivity index (χ3n) is 2.85. The van der Waals surface area contributed by atoms with Crippen LogP contribution in [0.5, 0.6) is 0 Å². The number of thioether (sulfide) groups is 1. The average molecular weight is 318 g/mol. The van der Waals surface area contributed by atoms with E-state index in [1.54, 1.807) is 6.92 Å². The molecule has 0 aliphatic heterocycles. The Bertz CT molecular complexity index is 566. The molecule has 2 atom stereocenters. The minimum atomic E-state index is -3.50. The van der Waals surface area contributed by atoms with E-state index in [0.29, 0.717) is 5.75 Å². The molecule has 1 rings (SSSR count). The lowest BCUT2D eigenvalue weighted by molar-refractivity contribution is 0.0696. The van der Waals surface area contributed by atoms with Gasteiger partial charge < -0.3 is 10.2 Å². The molecule has 1 aromatic rings. The summed E-state index contributed by atoms with van der Waals surface area (Å²) < 4.78 is 24.2. The summed E-state index contributed by atoms with van der Waals surface area (Å²) in [5.74, 6) is -0.886. The van der Waals surface area contributed by atoms with Gasteiger partial charge in [0.1, 0.15) is 0 Å². The summed E-state index contributed by atoms with van der Waals surface area (Å²) in [6.07, 6.45) is -0.502. The fraction of sp³-hybridized carbons (Fsp3) is 0.462. The third-order valence-corrected chi connectivity index (χ3v) is 6.18. The molecule has 0 saturated heterocycles. The van der Waals surface area contributed by atoms with E-state index < -0.39 is 21.9 Å². The molecular weight excluding hydrogens is 300 g/mol. The fourth-order valence-electron chi connectivity index (χ4n) is 1.42. The molecule has 0 aliphatic carbocycles. The molecule has 0 heterocycles. The summed E-state index contributed by atoms with van der Waals surface area (Å²) in [5.41, 5.74) is -0.0453. The SMILES string of the molecule is CC(O)C(C)SCCS(=O)(=O)c1cccc(C(=O)O)c1. The zero-order valence-electron chi connectivity index (χ0n) is 11.3. The average Bonchev–Trinajstić information content (AvgIpc) is 2.38. The summed E-state index contributed by atoms with van der Waals surface area (Å²) in [5, 5.41) is 18.1. The van der Waals surface area contributed by atoms with E-state index in [1.165, 1.54) is 36.0 Å². The molecule has 0 bridgehead atoms. The molecule has 0 saturated carbocycles. The number of aliphatic hydroxyl groups excluding tert-OH is 1. The summed E-state index contributed by atoms with van der Waals surface area (Å²) in [6.45, 7) is 3.48. The maximum Gasteiger partial charge on any atom is 0.335 e. The number of hydrogen-bond donors (Lipinski definition) is 2. The van der Waals surface area contributed by atoms with E-state index >= 15 is 0 Å². The molecule has 112 valence electrons. The van der Waals surface area contributed by atoms with Crippen molar-refractivity contribution in [3.63, 3.8) is 0 Å². The number of aliphatic hydroxyl groups is 1. The van der Waals surface area contributed by atoms with Gasteiger partial charge in [-0.1, -0.05) is 13.0 Å². The van der Waals surface area contributed by atoms with Crippen LogP contribution in [0.1, 0.15) is 24.2 Å². The van der Waals surface area contributed by atoms with Gasteiger partial charge in [-0.05, 0) is 25.1 Å². The minimum absolute atomic E-state index is 0.0164. The van der Waals surface area contributed by atoms with Gasteiger partial charge in [0.2, 0.25) is 0 Å². The van der Waals surface area contributed by atoms with Gasteiger partial charge in [0.15, 0.2) is 9.84 Å². The second-order valence-corrected chi connectivity index (χ2v) is 8.06. The number of sulfone groups is 1. The van der Waals surface area contributed by atoms with Crippen LogP contribution in [-0.4, -0.2) is 47.5 Å². The Morgan fingerprint density at radius 3 is 2.55 bits per heavy atom. The molecule has 0 fully saturated rings. The predicted molar refractivity (Wildman–Crippen MR) is 79.1 cm³/mol. The zero-order chi connectivity index (χ0) is 15.3. The van der Waals surface area contributed by atoms with Crippen LogP contribution in [0.25, 0.3) is 0 Å². The normalized spacial score (nSPS) is 14.8. The smallest absolute Gasteiger partial charge is 0.335 e. The molecule has 2 N–H and O–H groups in total. The van der Waals surface area contributed by atoms with Gasteiger partial charge in [0.05, 0.1) is 22.3 Å². The molecule has 1 aromatic carbocycles. The van der Waals surface area contributed by atoms with Gasteiger partial charge >= 0.3 is 5.97 Å². The van der Waals surface area contributed by atoms with Crippen molar-refractivity contribution in [2.24, 2.45) is 0 Å². The van der Waals surface area contributed by atoms with Crippen LogP contribution in [0.4, 0.5) is 0 Å². The van der Waals surface area contributed by atoms with Crippen LogP contribution in [0, 0.1) is 0 Å². The Kier molecular flexibility index (Phi) is 6.04. The van der Waals surface area contributed by atoms with E-state index in [2.05, 4.69) is 0 Å². The maximum atomic E-state index is 12.1. The number of aromatic carboxylic acids is 1. The van der Waals surface area contributed by atoms with Gasteiger partial charge in [-0.3, -0.25) is 0 Å². The number of rotatable bonds is 7. The highest BCUT2D eigenvalue weighted by Crippen LogP contribution is 2.18. The van der Waals surface area contributed by atoms with E-state index in [0.717, 1.165) is 0 Å². The summed E-state index contributed by atoms with van der Waals surface area (Å²) in [7, 11) is -3.50. The zero-order valence-corrected chi connectivity index (χ0v) is 12.9. The lowest BCUT2D eigenvalue weighted by Crippen LogP contribution is -2.18. The molecule has 2 unspecified atom stereocenters. The Morgan fingerprint density at radius 2 is 2.00 bits per heavy atom. The first-order valence-corrected chi connectivity index (χ1v) is 8.80. The second-order valence-electron chi connectivity index (χ2n) is 4.47. The summed E-state index contributed by atoms with van der Waals surface area (Å²) in [6, 6.07) is 5.33. The molecule has 20 heavy (non-hydrogen) atoms. The maximum absolute atomic E-state index is 12.1. The Hall–Kier alpha value is -1.05. The lowest BCUT2D eigenvalue weighted by atomic mass is 10.2.